The number of benzene rings is 2. The lowest BCUT2D eigenvalue weighted by Gasteiger charge is -2.15. The van der Waals surface area contributed by atoms with Gasteiger partial charge in [0.25, 0.3) is 0 Å². The fourth-order valence-electron chi connectivity index (χ4n) is 2.60. The third-order valence-electron chi connectivity index (χ3n) is 3.93. The van der Waals surface area contributed by atoms with Crippen LogP contribution in [-0.4, -0.2) is 23.8 Å². The van der Waals surface area contributed by atoms with Gasteiger partial charge in [0.05, 0.1) is 11.8 Å². The minimum Gasteiger partial charge on any atom is -0.488 e. The minimum absolute atomic E-state index is 0.0441. The van der Waals surface area contributed by atoms with Crippen molar-refractivity contribution in [3.63, 3.8) is 0 Å². The van der Waals surface area contributed by atoms with Crippen molar-refractivity contribution < 1.29 is 9.53 Å². The van der Waals surface area contributed by atoms with E-state index in [4.69, 9.17) is 4.74 Å². The van der Waals surface area contributed by atoms with Crippen LogP contribution in [0.3, 0.4) is 0 Å². The molecule has 3 nitrogen and oxygen atoms in total. The molecule has 3 rings (SSSR count). The number of carbonyl (C=O) groups is 1. The van der Waals surface area contributed by atoms with E-state index < -0.39 is 0 Å². The number of hydrogen-bond acceptors (Lipinski definition) is 3. The molecular weight excluding hydrogens is 306 g/mol. The van der Waals surface area contributed by atoms with Gasteiger partial charge in [0, 0.05) is 12.2 Å². The maximum absolute atomic E-state index is 12.2. The molecule has 2 aromatic carbocycles. The predicted molar refractivity (Wildman–Crippen MR) is 94.8 cm³/mol. The van der Waals surface area contributed by atoms with Crippen molar-refractivity contribution in [1.82, 2.24) is 5.32 Å². The molecule has 0 saturated carbocycles. The number of amides is 1. The summed E-state index contributed by atoms with van der Waals surface area (Å²) in [6.45, 7) is 2.51. The number of para-hydroxylation sites is 1. The van der Waals surface area contributed by atoms with Gasteiger partial charge in [-0.25, -0.2) is 0 Å². The van der Waals surface area contributed by atoms with Crippen LogP contribution in [0, 0.1) is 0 Å². The number of carbonyl (C=O) groups excluding carboxylic acids is 1. The van der Waals surface area contributed by atoms with Crippen molar-refractivity contribution in [2.45, 2.75) is 30.5 Å². The van der Waals surface area contributed by atoms with Crippen LogP contribution in [0.25, 0.3) is 0 Å². The second kappa shape index (κ2) is 7.55. The quantitative estimate of drug-likeness (QED) is 0.883. The Kier molecular flexibility index (Phi) is 5.23. The first kappa shape index (κ1) is 15.9. The Hall–Kier alpha value is -1.94. The molecular formula is C19H21NO2S. The smallest absolute Gasteiger partial charge is 0.232 e. The summed E-state index contributed by atoms with van der Waals surface area (Å²) in [7, 11) is 0. The van der Waals surface area contributed by atoms with Crippen LogP contribution in [0.1, 0.15) is 18.1 Å². The Bertz CT molecular complexity index is 634. The highest BCUT2D eigenvalue weighted by molar-refractivity contribution is 7.99. The molecule has 0 bridgehead atoms. The summed E-state index contributed by atoms with van der Waals surface area (Å²) in [5.74, 6) is 1.87. The van der Waals surface area contributed by atoms with E-state index in [1.165, 1.54) is 11.1 Å². The zero-order valence-corrected chi connectivity index (χ0v) is 14.0. The first-order valence-corrected chi connectivity index (χ1v) is 8.95. The lowest BCUT2D eigenvalue weighted by molar-refractivity contribution is -0.120. The molecule has 2 aromatic rings. The summed E-state index contributed by atoms with van der Waals surface area (Å²) >= 11 is 1.65. The molecule has 0 fully saturated rings. The van der Waals surface area contributed by atoms with E-state index in [2.05, 4.69) is 23.5 Å². The highest BCUT2D eigenvalue weighted by Crippen LogP contribution is 2.27. The van der Waals surface area contributed by atoms with Gasteiger partial charge in [0.15, 0.2) is 0 Å². The lowest BCUT2D eigenvalue weighted by Crippen LogP contribution is -2.38. The molecule has 1 aliphatic rings. The Morgan fingerprint density at radius 2 is 1.96 bits per heavy atom. The summed E-state index contributed by atoms with van der Waals surface area (Å²) in [6, 6.07) is 18.3. The number of rotatable bonds is 6. The van der Waals surface area contributed by atoms with E-state index in [-0.39, 0.29) is 17.3 Å². The largest absolute Gasteiger partial charge is 0.488 e. The maximum Gasteiger partial charge on any atom is 0.232 e. The second-order valence-electron chi connectivity index (χ2n) is 5.74. The topological polar surface area (TPSA) is 38.3 Å². The molecule has 1 amide bonds. The van der Waals surface area contributed by atoms with E-state index >= 15 is 0 Å². The van der Waals surface area contributed by atoms with Gasteiger partial charge in [-0.2, -0.15) is 0 Å². The van der Waals surface area contributed by atoms with Crippen LogP contribution < -0.4 is 10.1 Å². The van der Waals surface area contributed by atoms with Gasteiger partial charge in [-0.15, -0.1) is 11.8 Å². The molecule has 1 N–H and O–H groups in total. The third kappa shape index (κ3) is 4.29. The lowest BCUT2D eigenvalue weighted by atomic mass is 10.1. The van der Waals surface area contributed by atoms with Crippen molar-refractivity contribution in [2.24, 2.45) is 0 Å². The summed E-state index contributed by atoms with van der Waals surface area (Å²) in [6.07, 6.45) is 0.907. The molecule has 4 heteroatoms. The zero-order valence-electron chi connectivity index (χ0n) is 13.2. The normalized spacial score (nSPS) is 17.2. The van der Waals surface area contributed by atoms with E-state index in [9.17, 15) is 4.79 Å². The average molecular weight is 327 g/mol. The first-order chi connectivity index (χ1) is 11.2. The minimum atomic E-state index is -0.0704. The van der Waals surface area contributed by atoms with Gasteiger partial charge in [-0.1, -0.05) is 48.5 Å². The van der Waals surface area contributed by atoms with Gasteiger partial charge in [0.1, 0.15) is 11.9 Å². The van der Waals surface area contributed by atoms with Gasteiger partial charge in [-0.3, -0.25) is 4.79 Å². The molecule has 0 aromatic heterocycles. The van der Waals surface area contributed by atoms with Crippen LogP contribution in [0.2, 0.25) is 0 Å². The molecule has 2 atom stereocenters. The molecule has 0 saturated heterocycles. The number of ether oxygens (including phenoxy) is 1. The molecule has 0 radical (unpaired) electrons. The van der Waals surface area contributed by atoms with Gasteiger partial charge in [-0.05, 0) is 24.1 Å². The number of thioether (sulfide) groups is 1. The molecule has 1 aliphatic heterocycles. The first-order valence-electron chi connectivity index (χ1n) is 7.90. The zero-order chi connectivity index (χ0) is 16.1. The highest BCUT2D eigenvalue weighted by atomic mass is 32.2. The van der Waals surface area contributed by atoms with Crippen LogP contribution >= 0.6 is 11.8 Å². The van der Waals surface area contributed by atoms with Crippen LogP contribution in [0.15, 0.2) is 54.6 Å². The number of nitrogens with one attached hydrogen (secondary N) is 1. The Morgan fingerprint density at radius 1 is 1.22 bits per heavy atom. The summed E-state index contributed by atoms with van der Waals surface area (Å²) in [5.41, 5.74) is 2.46. The molecule has 0 spiro atoms. The third-order valence-corrected chi connectivity index (χ3v) is 5.14. The molecule has 0 unspecified atom stereocenters. The maximum atomic E-state index is 12.2. The van der Waals surface area contributed by atoms with Crippen molar-refractivity contribution in [3.05, 3.63) is 65.7 Å². The molecule has 120 valence electrons. The Labute approximate surface area is 141 Å². The fraction of sp³-hybridized carbons (Fsp3) is 0.316. The molecule has 0 aliphatic carbocycles. The summed E-state index contributed by atoms with van der Waals surface area (Å²) < 4.78 is 5.84. The monoisotopic (exact) mass is 327 g/mol. The molecule has 23 heavy (non-hydrogen) atoms. The SMILES string of the molecule is C[C@H](SCc1ccccc1)C(=O)NC[C@@H]1Cc2ccccc2O1. The van der Waals surface area contributed by atoms with Gasteiger partial charge in [0.2, 0.25) is 5.91 Å². The molecule has 1 heterocycles. The summed E-state index contributed by atoms with van der Waals surface area (Å²) in [5, 5.41) is 2.94. The second-order valence-corrected chi connectivity index (χ2v) is 7.06. The van der Waals surface area contributed by atoms with Crippen molar-refractivity contribution in [3.8, 4) is 5.75 Å². The van der Waals surface area contributed by atoms with E-state index in [0.29, 0.717) is 6.54 Å². The van der Waals surface area contributed by atoms with Crippen molar-refractivity contribution >= 4 is 17.7 Å². The predicted octanol–water partition coefficient (Wildman–Crippen LogP) is 3.43. The average Bonchev–Trinajstić information content (AvgIpc) is 3.01. The Morgan fingerprint density at radius 3 is 2.74 bits per heavy atom. The standard InChI is InChI=1S/C19H21NO2S/c1-14(23-13-15-7-3-2-4-8-15)19(21)20-12-17-11-16-9-5-6-10-18(16)22-17/h2-10,14,17H,11-13H2,1H3,(H,20,21)/t14-,17-/m0/s1. The fourth-order valence-corrected chi connectivity index (χ4v) is 3.47. The highest BCUT2D eigenvalue weighted by Gasteiger charge is 2.23. The van der Waals surface area contributed by atoms with Crippen molar-refractivity contribution in [2.75, 3.05) is 6.54 Å². The van der Waals surface area contributed by atoms with Gasteiger partial charge < -0.3 is 10.1 Å². The van der Waals surface area contributed by atoms with Crippen molar-refractivity contribution in [1.29, 1.82) is 0 Å². The van der Waals surface area contributed by atoms with E-state index in [1.807, 2.05) is 43.3 Å². The van der Waals surface area contributed by atoms with Crippen LogP contribution in [-0.2, 0) is 17.0 Å². The number of fused-ring (bicyclic) bond motifs is 1. The Balaban J connectivity index is 1.41. The van der Waals surface area contributed by atoms with E-state index in [0.717, 1.165) is 17.9 Å². The summed E-state index contributed by atoms with van der Waals surface area (Å²) in [4.78, 5) is 12.2. The van der Waals surface area contributed by atoms with Crippen LogP contribution in [0.4, 0.5) is 0 Å². The number of hydrogen-bond donors (Lipinski definition) is 1. The van der Waals surface area contributed by atoms with Crippen LogP contribution in [0.5, 0.6) is 5.75 Å². The van der Waals surface area contributed by atoms with Gasteiger partial charge >= 0.3 is 0 Å². The van der Waals surface area contributed by atoms with E-state index in [1.54, 1.807) is 11.8 Å².